The Bertz CT molecular complexity index is 1160. The maximum Gasteiger partial charge on any atom is 0.263 e. The molecule has 0 amide bonds. The SMILES string of the molecule is O=c1ccc2ncc(-c3cc4c(N5CCCC5CO)nccc4o3)n2[nH]1. The molecule has 8 nitrogen and oxygen atoms in total. The molecule has 4 aromatic rings. The minimum Gasteiger partial charge on any atom is -0.454 e. The number of aromatic amines is 1. The average molecular weight is 351 g/mol. The molecule has 0 aliphatic carbocycles. The summed E-state index contributed by atoms with van der Waals surface area (Å²) in [7, 11) is 0. The van der Waals surface area contributed by atoms with E-state index < -0.39 is 0 Å². The molecule has 1 fully saturated rings. The van der Waals surface area contributed by atoms with E-state index >= 15 is 0 Å². The van der Waals surface area contributed by atoms with Crippen LogP contribution < -0.4 is 10.5 Å². The highest BCUT2D eigenvalue weighted by molar-refractivity contribution is 5.92. The van der Waals surface area contributed by atoms with Crippen molar-refractivity contribution in [3.05, 3.63) is 47.0 Å². The van der Waals surface area contributed by atoms with Crippen LogP contribution >= 0.6 is 0 Å². The second kappa shape index (κ2) is 5.70. The van der Waals surface area contributed by atoms with Crippen molar-refractivity contribution in [1.29, 1.82) is 0 Å². The van der Waals surface area contributed by atoms with Crippen LogP contribution in [-0.4, -0.2) is 43.9 Å². The molecule has 1 atom stereocenters. The maximum absolute atomic E-state index is 11.7. The van der Waals surface area contributed by atoms with E-state index in [1.165, 1.54) is 6.07 Å². The highest BCUT2D eigenvalue weighted by Crippen LogP contribution is 2.35. The van der Waals surface area contributed by atoms with Crippen molar-refractivity contribution < 1.29 is 9.52 Å². The van der Waals surface area contributed by atoms with E-state index in [0.29, 0.717) is 22.7 Å². The first-order chi connectivity index (χ1) is 12.7. The van der Waals surface area contributed by atoms with Crippen molar-refractivity contribution >= 4 is 22.4 Å². The van der Waals surface area contributed by atoms with Crippen molar-refractivity contribution in [3.8, 4) is 11.5 Å². The topological polar surface area (TPSA) is 99.7 Å². The highest BCUT2D eigenvalue weighted by atomic mass is 16.3. The van der Waals surface area contributed by atoms with Crippen LogP contribution in [0.2, 0.25) is 0 Å². The van der Waals surface area contributed by atoms with Crippen molar-refractivity contribution in [2.45, 2.75) is 18.9 Å². The minimum absolute atomic E-state index is 0.0820. The van der Waals surface area contributed by atoms with E-state index in [2.05, 4.69) is 20.0 Å². The van der Waals surface area contributed by atoms with Crippen LogP contribution in [-0.2, 0) is 0 Å². The van der Waals surface area contributed by atoms with Crippen LogP contribution in [0.4, 0.5) is 5.82 Å². The zero-order chi connectivity index (χ0) is 17.7. The molecule has 1 unspecified atom stereocenters. The van der Waals surface area contributed by atoms with E-state index in [-0.39, 0.29) is 18.2 Å². The molecule has 0 aromatic carbocycles. The third-order valence-corrected chi connectivity index (χ3v) is 4.93. The summed E-state index contributed by atoms with van der Waals surface area (Å²) in [6.07, 6.45) is 5.37. The molecule has 1 aliphatic heterocycles. The summed E-state index contributed by atoms with van der Waals surface area (Å²) >= 11 is 0. The number of furan rings is 1. The molecule has 0 bridgehead atoms. The first-order valence-corrected chi connectivity index (χ1v) is 8.58. The Balaban J connectivity index is 1.67. The summed E-state index contributed by atoms with van der Waals surface area (Å²) in [5.74, 6) is 1.42. The van der Waals surface area contributed by atoms with E-state index in [4.69, 9.17) is 4.42 Å². The smallest absolute Gasteiger partial charge is 0.263 e. The lowest BCUT2D eigenvalue weighted by Gasteiger charge is -2.24. The standard InChI is InChI=1S/C18H17N5O3/c24-10-11-2-1-7-22(11)18-12-8-15(26-14(12)5-6-19-18)13-9-20-16-3-4-17(25)21-23(13)16/h3-6,8-9,11,24H,1-2,7,10H2,(H,21,25). The molecule has 132 valence electrons. The fourth-order valence-electron chi connectivity index (χ4n) is 3.68. The van der Waals surface area contributed by atoms with E-state index in [1.54, 1.807) is 23.0 Å². The van der Waals surface area contributed by atoms with Gasteiger partial charge >= 0.3 is 0 Å². The molecule has 0 saturated carbocycles. The number of rotatable bonds is 3. The van der Waals surface area contributed by atoms with Gasteiger partial charge in [-0.1, -0.05) is 0 Å². The van der Waals surface area contributed by atoms with Crippen molar-refractivity contribution in [1.82, 2.24) is 19.6 Å². The number of anilines is 1. The number of aliphatic hydroxyl groups excluding tert-OH is 1. The van der Waals surface area contributed by atoms with Crippen LogP contribution in [0.15, 0.2) is 45.9 Å². The molecule has 5 rings (SSSR count). The number of nitrogens with zero attached hydrogens (tertiary/aromatic N) is 4. The molecule has 1 aliphatic rings. The Labute approximate surface area is 147 Å². The van der Waals surface area contributed by atoms with Gasteiger partial charge in [0, 0.05) is 18.8 Å². The lowest BCUT2D eigenvalue weighted by Crippen LogP contribution is -2.32. The highest BCUT2D eigenvalue weighted by Gasteiger charge is 2.27. The lowest BCUT2D eigenvalue weighted by molar-refractivity contribution is 0.266. The number of hydrogen-bond acceptors (Lipinski definition) is 6. The van der Waals surface area contributed by atoms with Crippen LogP contribution in [0, 0.1) is 0 Å². The van der Waals surface area contributed by atoms with Gasteiger partial charge in [-0.05, 0) is 31.0 Å². The Morgan fingerprint density at radius 3 is 3.12 bits per heavy atom. The summed E-state index contributed by atoms with van der Waals surface area (Å²) in [6.45, 7) is 0.970. The molecular formula is C18H17N5O3. The number of pyridine rings is 1. The van der Waals surface area contributed by atoms with Gasteiger partial charge in [-0.2, -0.15) is 0 Å². The predicted octanol–water partition coefficient (Wildman–Crippen LogP) is 1.79. The molecular weight excluding hydrogens is 334 g/mol. The first kappa shape index (κ1) is 15.2. The largest absolute Gasteiger partial charge is 0.454 e. The second-order valence-electron chi connectivity index (χ2n) is 6.48. The third kappa shape index (κ3) is 2.22. The zero-order valence-electron chi connectivity index (χ0n) is 13.9. The van der Waals surface area contributed by atoms with Crippen molar-refractivity contribution in [3.63, 3.8) is 0 Å². The second-order valence-corrected chi connectivity index (χ2v) is 6.48. The molecule has 2 N–H and O–H groups in total. The van der Waals surface area contributed by atoms with Crippen LogP contribution in [0.25, 0.3) is 28.1 Å². The summed E-state index contributed by atoms with van der Waals surface area (Å²) < 4.78 is 7.63. The van der Waals surface area contributed by atoms with Gasteiger partial charge in [-0.3, -0.25) is 9.89 Å². The fourth-order valence-corrected chi connectivity index (χ4v) is 3.68. The Morgan fingerprint density at radius 1 is 1.31 bits per heavy atom. The summed E-state index contributed by atoms with van der Waals surface area (Å²) in [5.41, 5.74) is 1.80. The summed E-state index contributed by atoms with van der Waals surface area (Å²) in [4.78, 5) is 22.6. The number of fused-ring (bicyclic) bond motifs is 2. The maximum atomic E-state index is 11.7. The lowest BCUT2D eigenvalue weighted by atomic mass is 10.2. The van der Waals surface area contributed by atoms with Gasteiger partial charge in [-0.15, -0.1) is 0 Å². The normalized spacial score (nSPS) is 17.6. The predicted molar refractivity (Wildman–Crippen MR) is 96.3 cm³/mol. The Kier molecular flexibility index (Phi) is 3.32. The monoisotopic (exact) mass is 351 g/mol. The fraction of sp³-hybridized carbons (Fsp3) is 0.278. The Morgan fingerprint density at radius 2 is 2.23 bits per heavy atom. The van der Waals surface area contributed by atoms with Crippen molar-refractivity contribution in [2.24, 2.45) is 0 Å². The van der Waals surface area contributed by atoms with Gasteiger partial charge in [0.25, 0.3) is 5.56 Å². The van der Waals surface area contributed by atoms with Crippen LogP contribution in [0.1, 0.15) is 12.8 Å². The van der Waals surface area contributed by atoms with Crippen molar-refractivity contribution in [2.75, 3.05) is 18.1 Å². The number of aliphatic hydroxyl groups is 1. The number of H-pyrrole nitrogens is 1. The van der Waals surface area contributed by atoms with Gasteiger partial charge < -0.3 is 14.4 Å². The molecule has 26 heavy (non-hydrogen) atoms. The number of aromatic nitrogens is 4. The van der Waals surface area contributed by atoms with Gasteiger partial charge in [0.05, 0.1) is 24.2 Å². The van der Waals surface area contributed by atoms with Gasteiger partial charge in [-0.25, -0.2) is 14.5 Å². The number of nitrogens with one attached hydrogen (secondary N) is 1. The first-order valence-electron chi connectivity index (χ1n) is 8.58. The van der Waals surface area contributed by atoms with E-state index in [0.717, 1.165) is 30.6 Å². The molecule has 8 heteroatoms. The average Bonchev–Trinajstić information content (AvgIpc) is 3.37. The Hall–Kier alpha value is -3.13. The van der Waals surface area contributed by atoms with E-state index in [9.17, 15) is 9.90 Å². The summed E-state index contributed by atoms with van der Waals surface area (Å²) in [6, 6.07) is 6.92. The van der Waals surface area contributed by atoms with E-state index in [1.807, 2.05) is 12.1 Å². The van der Waals surface area contributed by atoms with Gasteiger partial charge in [0.15, 0.2) is 11.4 Å². The molecule has 1 saturated heterocycles. The van der Waals surface area contributed by atoms with Gasteiger partial charge in [0.2, 0.25) is 0 Å². The van der Waals surface area contributed by atoms with Crippen LogP contribution in [0.3, 0.4) is 0 Å². The molecule has 5 heterocycles. The third-order valence-electron chi connectivity index (χ3n) is 4.93. The minimum atomic E-state index is -0.210. The molecule has 0 radical (unpaired) electrons. The van der Waals surface area contributed by atoms with Crippen LogP contribution in [0.5, 0.6) is 0 Å². The quantitative estimate of drug-likeness (QED) is 0.584. The summed E-state index contributed by atoms with van der Waals surface area (Å²) in [5, 5.41) is 13.3. The number of imidazole rings is 1. The molecule has 0 spiro atoms. The number of hydrogen-bond donors (Lipinski definition) is 2. The van der Waals surface area contributed by atoms with Gasteiger partial charge in [0.1, 0.15) is 17.1 Å². The molecule has 4 aromatic heterocycles. The zero-order valence-corrected chi connectivity index (χ0v) is 13.9.